The van der Waals surface area contributed by atoms with E-state index in [9.17, 15) is 4.79 Å². The zero-order chi connectivity index (χ0) is 13.6. The van der Waals surface area contributed by atoms with E-state index >= 15 is 0 Å². The lowest BCUT2D eigenvalue weighted by molar-refractivity contribution is -0.152. The van der Waals surface area contributed by atoms with Crippen molar-refractivity contribution in [3.63, 3.8) is 0 Å². The van der Waals surface area contributed by atoms with Crippen LogP contribution in [-0.4, -0.2) is 40.2 Å². The molecule has 1 unspecified atom stereocenters. The van der Waals surface area contributed by atoms with E-state index in [2.05, 4.69) is 11.3 Å². The van der Waals surface area contributed by atoms with Crippen LogP contribution in [0.5, 0.6) is 0 Å². The van der Waals surface area contributed by atoms with Crippen molar-refractivity contribution >= 4 is 12.1 Å². The van der Waals surface area contributed by atoms with Gasteiger partial charge in [0.25, 0.3) is 0 Å². The minimum atomic E-state index is -1.83. The molecule has 0 aliphatic heterocycles. The Kier molecular flexibility index (Phi) is 19.8. The van der Waals surface area contributed by atoms with E-state index in [1.807, 2.05) is 13.8 Å². The fraction of sp³-hybridized carbons (Fsp3) is 0.600. The van der Waals surface area contributed by atoms with Crippen molar-refractivity contribution in [3.05, 3.63) is 12.7 Å². The number of aliphatic hydroxyl groups excluding tert-OH is 1. The first-order valence-corrected chi connectivity index (χ1v) is 4.67. The molecule has 0 amide bonds. The molecule has 0 aromatic rings. The van der Waals surface area contributed by atoms with Crippen LogP contribution in [-0.2, 0) is 9.53 Å². The van der Waals surface area contributed by atoms with Crippen molar-refractivity contribution in [3.8, 4) is 0 Å². The van der Waals surface area contributed by atoms with E-state index in [0.29, 0.717) is 6.61 Å². The summed E-state index contributed by atoms with van der Waals surface area (Å²) < 4.78 is 4.56. The van der Waals surface area contributed by atoms with E-state index < -0.39 is 18.2 Å². The third-order valence-electron chi connectivity index (χ3n) is 0.790. The lowest BCUT2D eigenvalue weighted by Gasteiger charge is -2.03. The number of esters is 1. The Morgan fingerprint density at radius 2 is 1.75 bits per heavy atom. The molecule has 16 heavy (non-hydrogen) atoms. The Balaban J connectivity index is -0.000000201. The molecule has 96 valence electrons. The van der Waals surface area contributed by atoms with Gasteiger partial charge in [0.1, 0.15) is 6.10 Å². The third-order valence-corrected chi connectivity index (χ3v) is 0.790. The van der Waals surface area contributed by atoms with Crippen molar-refractivity contribution < 1.29 is 29.6 Å². The highest BCUT2D eigenvalue weighted by atomic mass is 16.6. The van der Waals surface area contributed by atoms with Gasteiger partial charge in [0, 0.05) is 0 Å². The van der Waals surface area contributed by atoms with E-state index in [1.165, 1.54) is 6.92 Å². The van der Waals surface area contributed by atoms with E-state index in [-0.39, 0.29) is 0 Å². The summed E-state index contributed by atoms with van der Waals surface area (Å²) in [6.45, 7) is 8.93. The van der Waals surface area contributed by atoms with Gasteiger partial charge in [-0.05, 0) is 20.3 Å². The quantitative estimate of drug-likeness (QED) is 0.509. The Labute approximate surface area is 95.2 Å². The summed E-state index contributed by atoms with van der Waals surface area (Å²) in [6.07, 6.45) is -0.283. The summed E-state index contributed by atoms with van der Waals surface area (Å²) in [6, 6.07) is 0. The number of ether oxygens (including phenoxy) is 1. The molecule has 0 aliphatic rings. The molecule has 3 N–H and O–H groups in total. The lowest BCUT2D eigenvalue weighted by Crippen LogP contribution is -2.19. The standard InChI is InChI=1S/C6H12O3.C3H6.CH2O3/c1-3-4-9-6(8)5(2)7;1-3-2;2-1(3)4/h5,7H,3-4H2,1-2H3;3H,1H2,2H3;(H2,2,3,4). The average Bonchev–Trinajstić information content (AvgIpc) is 2.14. The Morgan fingerprint density at radius 3 is 1.94 bits per heavy atom. The predicted molar refractivity (Wildman–Crippen MR) is 59.5 cm³/mol. The molecule has 0 spiro atoms. The summed E-state index contributed by atoms with van der Waals surface area (Å²) in [5.41, 5.74) is 0. The van der Waals surface area contributed by atoms with Crippen LogP contribution in [0.1, 0.15) is 27.2 Å². The van der Waals surface area contributed by atoms with Gasteiger partial charge in [-0.2, -0.15) is 0 Å². The molecule has 0 aromatic heterocycles. The SMILES string of the molecule is C=CC.CCCOC(=O)C(C)O.O=C(O)O. The second kappa shape index (κ2) is 15.9. The molecule has 0 heterocycles. The van der Waals surface area contributed by atoms with Crippen molar-refractivity contribution in [1.82, 2.24) is 0 Å². The fourth-order valence-corrected chi connectivity index (χ4v) is 0.323. The Morgan fingerprint density at radius 1 is 1.44 bits per heavy atom. The third kappa shape index (κ3) is 39.3. The van der Waals surface area contributed by atoms with Crippen LogP contribution in [0.25, 0.3) is 0 Å². The second-order valence-electron chi connectivity index (χ2n) is 2.53. The first-order valence-electron chi connectivity index (χ1n) is 4.67. The molecule has 1 atom stereocenters. The zero-order valence-electron chi connectivity index (χ0n) is 9.84. The summed E-state index contributed by atoms with van der Waals surface area (Å²) in [4.78, 5) is 19.0. The van der Waals surface area contributed by atoms with Gasteiger partial charge in [0.05, 0.1) is 6.61 Å². The minimum absolute atomic E-state index is 0.393. The number of hydrogen-bond acceptors (Lipinski definition) is 4. The number of hydrogen-bond donors (Lipinski definition) is 3. The van der Waals surface area contributed by atoms with Crippen molar-refractivity contribution in [2.45, 2.75) is 33.3 Å². The monoisotopic (exact) mass is 236 g/mol. The van der Waals surface area contributed by atoms with Crippen LogP contribution in [0.4, 0.5) is 4.79 Å². The molecular formula is C10H20O6. The van der Waals surface area contributed by atoms with Crippen LogP contribution in [0.2, 0.25) is 0 Å². The van der Waals surface area contributed by atoms with Crippen molar-refractivity contribution in [1.29, 1.82) is 0 Å². The summed E-state index contributed by atoms with van der Waals surface area (Å²) >= 11 is 0. The number of rotatable bonds is 3. The van der Waals surface area contributed by atoms with Gasteiger partial charge < -0.3 is 20.1 Å². The molecular weight excluding hydrogens is 216 g/mol. The van der Waals surface area contributed by atoms with Crippen molar-refractivity contribution in [2.24, 2.45) is 0 Å². The smallest absolute Gasteiger partial charge is 0.464 e. The van der Waals surface area contributed by atoms with E-state index in [0.717, 1.165) is 6.42 Å². The fourth-order valence-electron chi connectivity index (χ4n) is 0.323. The largest absolute Gasteiger partial charge is 0.503 e. The molecule has 6 nitrogen and oxygen atoms in total. The van der Waals surface area contributed by atoms with Gasteiger partial charge in [0.2, 0.25) is 0 Å². The van der Waals surface area contributed by atoms with Gasteiger partial charge in [-0.15, -0.1) is 6.58 Å². The molecule has 0 bridgehead atoms. The number of allylic oxidation sites excluding steroid dienone is 1. The molecule has 0 saturated carbocycles. The van der Waals surface area contributed by atoms with Crippen LogP contribution >= 0.6 is 0 Å². The highest BCUT2D eigenvalue weighted by Crippen LogP contribution is 1.87. The maximum atomic E-state index is 10.4. The van der Waals surface area contributed by atoms with Gasteiger partial charge in [0.15, 0.2) is 0 Å². The highest BCUT2D eigenvalue weighted by Gasteiger charge is 2.07. The van der Waals surface area contributed by atoms with Gasteiger partial charge in [-0.1, -0.05) is 13.0 Å². The molecule has 6 heteroatoms. The maximum absolute atomic E-state index is 10.4. The summed E-state index contributed by atoms with van der Waals surface area (Å²) in [5.74, 6) is -0.545. The van der Waals surface area contributed by atoms with Crippen LogP contribution in [0, 0.1) is 0 Å². The van der Waals surface area contributed by atoms with Gasteiger partial charge in [-0.3, -0.25) is 0 Å². The Hall–Kier alpha value is -1.56. The highest BCUT2D eigenvalue weighted by molar-refractivity contribution is 5.73. The predicted octanol–water partition coefficient (Wildman–Crippen LogP) is 1.74. The number of carbonyl (C=O) groups excluding carboxylic acids is 1. The lowest BCUT2D eigenvalue weighted by atomic mass is 10.4. The Bertz CT molecular complexity index is 184. The van der Waals surface area contributed by atoms with Gasteiger partial charge >= 0.3 is 12.1 Å². The number of carboxylic acid groups (broad SMARTS) is 2. The zero-order valence-corrected chi connectivity index (χ0v) is 9.84. The molecule has 0 aliphatic carbocycles. The first-order chi connectivity index (χ1) is 7.33. The summed E-state index contributed by atoms with van der Waals surface area (Å²) in [5, 5.41) is 22.5. The molecule has 0 radical (unpaired) electrons. The van der Waals surface area contributed by atoms with Crippen LogP contribution in [0.3, 0.4) is 0 Å². The van der Waals surface area contributed by atoms with Gasteiger partial charge in [-0.25, -0.2) is 9.59 Å². The van der Waals surface area contributed by atoms with Crippen molar-refractivity contribution in [2.75, 3.05) is 6.61 Å². The van der Waals surface area contributed by atoms with E-state index in [4.69, 9.17) is 20.1 Å². The normalized spacial score (nSPS) is 9.50. The molecule has 0 aromatic carbocycles. The molecule has 0 fully saturated rings. The number of carbonyl (C=O) groups is 2. The first kappa shape index (κ1) is 19.9. The topological polar surface area (TPSA) is 104 Å². The second-order valence-corrected chi connectivity index (χ2v) is 2.53. The average molecular weight is 236 g/mol. The van der Waals surface area contributed by atoms with Crippen LogP contribution < -0.4 is 0 Å². The van der Waals surface area contributed by atoms with E-state index in [1.54, 1.807) is 6.08 Å². The minimum Gasteiger partial charge on any atom is -0.464 e. The van der Waals surface area contributed by atoms with Crippen LogP contribution in [0.15, 0.2) is 12.7 Å². The summed E-state index contributed by atoms with van der Waals surface area (Å²) in [7, 11) is 0. The number of aliphatic hydroxyl groups is 1. The molecule has 0 rings (SSSR count). The maximum Gasteiger partial charge on any atom is 0.503 e. The molecule has 0 saturated heterocycles.